The number of ether oxygens (including phenoxy) is 1. The maximum atomic E-state index is 6.13. The minimum atomic E-state index is 0.0839. The molecule has 1 radical (unpaired) electrons. The van der Waals surface area contributed by atoms with Gasteiger partial charge in [0.15, 0.2) is 0 Å². The Kier molecular flexibility index (Phi) is 4.27. The molecule has 0 aliphatic heterocycles. The third-order valence-electron chi connectivity index (χ3n) is 2.73. The molecule has 0 N–H and O–H groups in total. The highest BCUT2D eigenvalue weighted by molar-refractivity contribution is 6.31. The molecule has 2 aromatic rings. The molecular formula is C16H16ClO. The van der Waals surface area contributed by atoms with E-state index in [4.69, 9.17) is 16.3 Å². The van der Waals surface area contributed by atoms with Crippen molar-refractivity contribution in [1.29, 1.82) is 0 Å². The van der Waals surface area contributed by atoms with Gasteiger partial charge >= 0.3 is 0 Å². The van der Waals surface area contributed by atoms with E-state index in [0.29, 0.717) is 0 Å². The van der Waals surface area contributed by atoms with Crippen molar-refractivity contribution in [2.24, 2.45) is 0 Å². The number of hydrogen-bond donors (Lipinski definition) is 0. The Hall–Kier alpha value is -1.47. The molecule has 0 saturated carbocycles. The van der Waals surface area contributed by atoms with Crippen molar-refractivity contribution in [2.75, 3.05) is 0 Å². The highest BCUT2D eigenvalue weighted by atomic mass is 35.5. The molecule has 0 aliphatic carbocycles. The van der Waals surface area contributed by atoms with Crippen molar-refractivity contribution in [3.05, 3.63) is 71.6 Å². The second-order valence-corrected chi connectivity index (χ2v) is 4.78. The quantitative estimate of drug-likeness (QED) is 0.784. The van der Waals surface area contributed by atoms with Crippen molar-refractivity contribution in [3.8, 4) is 5.75 Å². The lowest BCUT2D eigenvalue weighted by Gasteiger charge is -2.15. The van der Waals surface area contributed by atoms with Crippen LogP contribution in [0.2, 0.25) is 5.02 Å². The van der Waals surface area contributed by atoms with Crippen molar-refractivity contribution in [3.63, 3.8) is 0 Å². The van der Waals surface area contributed by atoms with Gasteiger partial charge in [0.1, 0.15) is 5.75 Å². The van der Waals surface area contributed by atoms with Crippen molar-refractivity contribution in [2.45, 2.75) is 19.4 Å². The molecule has 93 valence electrons. The summed E-state index contributed by atoms with van der Waals surface area (Å²) in [6.45, 7) is 5.89. The van der Waals surface area contributed by atoms with Crippen molar-refractivity contribution < 1.29 is 4.74 Å². The summed E-state index contributed by atoms with van der Waals surface area (Å²) in [7, 11) is 0. The summed E-state index contributed by atoms with van der Waals surface area (Å²) in [5.74, 6) is 0.863. The molecule has 1 atom stereocenters. The van der Waals surface area contributed by atoms with E-state index in [0.717, 1.165) is 28.3 Å². The lowest BCUT2D eigenvalue weighted by molar-refractivity contribution is 0.222. The van der Waals surface area contributed by atoms with Gasteiger partial charge in [-0.05, 0) is 43.2 Å². The van der Waals surface area contributed by atoms with Crippen molar-refractivity contribution >= 4 is 11.6 Å². The van der Waals surface area contributed by atoms with E-state index in [2.05, 4.69) is 6.92 Å². The second-order valence-electron chi connectivity index (χ2n) is 4.37. The van der Waals surface area contributed by atoms with Gasteiger partial charge in [-0.2, -0.15) is 0 Å². The zero-order valence-electron chi connectivity index (χ0n) is 10.4. The maximum Gasteiger partial charge on any atom is 0.119 e. The molecular weight excluding hydrogens is 244 g/mol. The van der Waals surface area contributed by atoms with E-state index in [9.17, 15) is 0 Å². The molecule has 0 amide bonds. The lowest BCUT2D eigenvalue weighted by atomic mass is 10.1. The number of halogens is 1. The van der Waals surface area contributed by atoms with Crippen LogP contribution in [0.5, 0.6) is 5.75 Å². The van der Waals surface area contributed by atoms with E-state index < -0.39 is 0 Å². The lowest BCUT2D eigenvalue weighted by Crippen LogP contribution is -2.15. The zero-order chi connectivity index (χ0) is 13.0. The number of rotatable bonds is 4. The SMILES string of the molecule is [CH2]c1ccc(OC(C)Cc2ccccc2Cl)cc1. The van der Waals surface area contributed by atoms with Crippen LogP contribution in [0.3, 0.4) is 0 Å². The molecule has 1 unspecified atom stereocenters. The first kappa shape index (κ1) is 13.0. The van der Waals surface area contributed by atoms with E-state index >= 15 is 0 Å². The topological polar surface area (TPSA) is 9.23 Å². The predicted octanol–water partition coefficient (Wildman–Crippen LogP) is 4.53. The van der Waals surface area contributed by atoms with Gasteiger partial charge < -0.3 is 4.74 Å². The summed E-state index contributed by atoms with van der Waals surface area (Å²) in [6, 6.07) is 15.6. The first-order valence-electron chi connectivity index (χ1n) is 5.97. The monoisotopic (exact) mass is 259 g/mol. The average molecular weight is 260 g/mol. The van der Waals surface area contributed by atoms with Crippen LogP contribution in [-0.4, -0.2) is 6.10 Å². The standard InChI is InChI=1S/C16H16ClO/c1-12-7-9-15(10-8-12)18-13(2)11-14-5-3-4-6-16(14)17/h3-10,13H,1,11H2,2H3. The maximum absolute atomic E-state index is 6.13. The van der Waals surface area contributed by atoms with Crippen LogP contribution in [-0.2, 0) is 6.42 Å². The van der Waals surface area contributed by atoms with Crippen LogP contribution in [0.15, 0.2) is 48.5 Å². The van der Waals surface area contributed by atoms with Crippen molar-refractivity contribution in [1.82, 2.24) is 0 Å². The van der Waals surface area contributed by atoms with Crippen LogP contribution >= 0.6 is 11.6 Å². The van der Waals surface area contributed by atoms with Gasteiger partial charge in [-0.1, -0.05) is 41.9 Å². The highest BCUT2D eigenvalue weighted by Crippen LogP contribution is 2.19. The zero-order valence-corrected chi connectivity index (χ0v) is 11.2. The number of hydrogen-bond acceptors (Lipinski definition) is 1. The third kappa shape index (κ3) is 3.51. The predicted molar refractivity (Wildman–Crippen MR) is 76.1 cm³/mol. The summed E-state index contributed by atoms with van der Waals surface area (Å²) in [5, 5.41) is 0.793. The van der Waals surface area contributed by atoms with E-state index in [1.54, 1.807) is 0 Å². The third-order valence-corrected chi connectivity index (χ3v) is 3.09. The smallest absolute Gasteiger partial charge is 0.119 e. The molecule has 2 rings (SSSR count). The highest BCUT2D eigenvalue weighted by Gasteiger charge is 2.07. The summed E-state index contributed by atoms with van der Waals surface area (Å²) in [6.07, 6.45) is 0.881. The Morgan fingerprint density at radius 2 is 1.78 bits per heavy atom. The fourth-order valence-corrected chi connectivity index (χ4v) is 2.03. The van der Waals surface area contributed by atoms with E-state index in [1.165, 1.54) is 0 Å². The fraction of sp³-hybridized carbons (Fsp3) is 0.188. The summed E-state index contributed by atoms with van der Waals surface area (Å²) < 4.78 is 5.84. The number of benzene rings is 2. The molecule has 0 aromatic heterocycles. The van der Waals surface area contributed by atoms with Gasteiger partial charge in [0.25, 0.3) is 0 Å². The molecule has 1 nitrogen and oxygen atoms in total. The molecule has 2 heteroatoms. The largest absolute Gasteiger partial charge is 0.490 e. The molecule has 0 saturated heterocycles. The van der Waals surface area contributed by atoms with Crippen LogP contribution in [0, 0.1) is 6.92 Å². The van der Waals surface area contributed by atoms with Crippen LogP contribution in [0.25, 0.3) is 0 Å². The van der Waals surface area contributed by atoms with Gasteiger partial charge in [-0.15, -0.1) is 0 Å². The molecule has 0 bridgehead atoms. The molecule has 0 heterocycles. The van der Waals surface area contributed by atoms with Gasteiger partial charge in [0.2, 0.25) is 0 Å². The Morgan fingerprint density at radius 3 is 2.44 bits per heavy atom. The van der Waals surface area contributed by atoms with Gasteiger partial charge in [0, 0.05) is 11.4 Å². The van der Waals surface area contributed by atoms with Gasteiger partial charge in [0.05, 0.1) is 6.10 Å². The molecule has 18 heavy (non-hydrogen) atoms. The van der Waals surface area contributed by atoms with E-state index in [-0.39, 0.29) is 6.10 Å². The van der Waals surface area contributed by atoms with Crippen LogP contribution in [0.1, 0.15) is 18.1 Å². The molecule has 2 aromatic carbocycles. The first-order chi connectivity index (χ1) is 8.65. The minimum absolute atomic E-state index is 0.0839. The molecule has 0 aliphatic rings. The van der Waals surface area contributed by atoms with Crippen LogP contribution < -0.4 is 4.74 Å². The molecule has 0 fully saturated rings. The summed E-state index contributed by atoms with van der Waals surface area (Å²) in [4.78, 5) is 0. The first-order valence-corrected chi connectivity index (χ1v) is 6.35. The van der Waals surface area contributed by atoms with Gasteiger partial charge in [-0.3, -0.25) is 0 Å². The van der Waals surface area contributed by atoms with E-state index in [1.807, 2.05) is 55.5 Å². The Morgan fingerprint density at radius 1 is 1.11 bits per heavy atom. The van der Waals surface area contributed by atoms with Crippen LogP contribution in [0.4, 0.5) is 0 Å². The fourth-order valence-electron chi connectivity index (χ4n) is 1.82. The average Bonchev–Trinajstić information content (AvgIpc) is 2.35. The second kappa shape index (κ2) is 5.92. The normalized spacial score (nSPS) is 12.2. The minimum Gasteiger partial charge on any atom is -0.490 e. The Balaban J connectivity index is 1.99. The summed E-state index contributed by atoms with van der Waals surface area (Å²) in [5.41, 5.74) is 2.10. The Bertz CT molecular complexity index is 505. The summed E-state index contributed by atoms with van der Waals surface area (Å²) >= 11 is 6.13. The Labute approximate surface area is 113 Å². The van der Waals surface area contributed by atoms with Gasteiger partial charge in [-0.25, -0.2) is 0 Å². The molecule has 0 spiro atoms.